The number of ether oxygens (including phenoxy) is 2. The summed E-state index contributed by atoms with van der Waals surface area (Å²) < 4.78 is 79.2. The first-order chi connectivity index (χ1) is 15.7. The lowest BCUT2D eigenvalue weighted by atomic mass is 10.1. The number of aromatic nitrogens is 3. The van der Waals surface area contributed by atoms with Gasteiger partial charge in [0.15, 0.2) is 5.75 Å². The quantitative estimate of drug-likeness (QED) is 0.503. The van der Waals surface area contributed by atoms with Crippen LogP contribution >= 0.6 is 11.6 Å². The van der Waals surface area contributed by atoms with Gasteiger partial charge in [-0.2, -0.15) is 13.2 Å². The summed E-state index contributed by atoms with van der Waals surface area (Å²) in [6.45, 7) is 0.721. The third-order valence-corrected chi connectivity index (χ3v) is 4.42. The molecule has 188 valence electrons. The second-order valence-electron chi connectivity index (χ2n) is 6.56. The van der Waals surface area contributed by atoms with Gasteiger partial charge in [-0.15, -0.1) is 13.2 Å². The fourth-order valence-electron chi connectivity index (χ4n) is 2.76. The standard InChI is InChI=1S/C15H14ClF3N4O4.C2HF3O2/c16-8-1-2-11(27-15(17,18)19)10(7-8)23-5-3-9(4-6-23)26-13-12(14(24)25)20-22-21-13;3-2(4,5)1(6)7/h1-2,7,9H,3-6H2,(H,24,25)(H,20,21,22);(H,6,7). The van der Waals surface area contributed by atoms with E-state index in [1.54, 1.807) is 4.90 Å². The molecule has 0 saturated carbocycles. The first-order valence-corrected chi connectivity index (χ1v) is 9.46. The van der Waals surface area contributed by atoms with Crippen LogP contribution in [0.1, 0.15) is 23.3 Å². The van der Waals surface area contributed by atoms with Crippen LogP contribution in [0.15, 0.2) is 18.2 Å². The molecular formula is C17H15ClF6N4O6. The van der Waals surface area contributed by atoms with Gasteiger partial charge in [0.2, 0.25) is 5.69 Å². The molecule has 1 aromatic heterocycles. The zero-order chi connectivity index (χ0) is 25.7. The van der Waals surface area contributed by atoms with Crippen LogP contribution in [0.3, 0.4) is 0 Å². The van der Waals surface area contributed by atoms with Gasteiger partial charge in [0, 0.05) is 31.0 Å². The number of alkyl halides is 6. The third kappa shape index (κ3) is 7.86. The summed E-state index contributed by atoms with van der Waals surface area (Å²) in [5, 5.41) is 25.6. The van der Waals surface area contributed by atoms with Crippen molar-refractivity contribution >= 4 is 29.2 Å². The van der Waals surface area contributed by atoms with E-state index in [0.717, 1.165) is 0 Å². The maximum Gasteiger partial charge on any atom is 0.573 e. The molecule has 0 amide bonds. The zero-order valence-electron chi connectivity index (χ0n) is 16.7. The Hall–Kier alpha value is -3.43. The van der Waals surface area contributed by atoms with Crippen molar-refractivity contribution in [1.82, 2.24) is 15.4 Å². The average Bonchev–Trinajstić information content (AvgIpc) is 3.17. The van der Waals surface area contributed by atoms with Crippen LogP contribution in [-0.2, 0) is 4.79 Å². The highest BCUT2D eigenvalue weighted by Crippen LogP contribution is 2.36. The van der Waals surface area contributed by atoms with E-state index in [0.29, 0.717) is 25.9 Å². The molecule has 3 rings (SSSR count). The fraction of sp³-hybridized carbons (Fsp3) is 0.412. The molecule has 0 radical (unpaired) electrons. The Morgan fingerprint density at radius 1 is 1.12 bits per heavy atom. The van der Waals surface area contributed by atoms with Gasteiger partial charge in [-0.1, -0.05) is 21.9 Å². The Labute approximate surface area is 191 Å². The van der Waals surface area contributed by atoms with Gasteiger partial charge >= 0.3 is 24.5 Å². The van der Waals surface area contributed by atoms with Gasteiger partial charge in [0.25, 0.3) is 5.88 Å². The highest BCUT2D eigenvalue weighted by molar-refractivity contribution is 6.30. The van der Waals surface area contributed by atoms with E-state index >= 15 is 0 Å². The number of aromatic carboxylic acids is 1. The number of nitrogens with zero attached hydrogens (tertiary/aromatic N) is 3. The lowest BCUT2D eigenvalue weighted by Gasteiger charge is -2.34. The molecule has 1 aliphatic heterocycles. The summed E-state index contributed by atoms with van der Waals surface area (Å²) in [5.41, 5.74) is -0.0286. The minimum atomic E-state index is -5.08. The Kier molecular flexibility index (Phi) is 8.41. The molecular weight excluding hydrogens is 506 g/mol. The molecule has 1 aliphatic rings. The van der Waals surface area contributed by atoms with Crippen LogP contribution in [0.2, 0.25) is 5.02 Å². The number of halogens is 7. The summed E-state index contributed by atoms with van der Waals surface area (Å²) in [5.74, 6) is -4.46. The molecule has 1 saturated heterocycles. The van der Waals surface area contributed by atoms with E-state index < -0.39 is 24.5 Å². The van der Waals surface area contributed by atoms with E-state index in [2.05, 4.69) is 20.1 Å². The number of benzene rings is 1. The molecule has 0 spiro atoms. The summed E-state index contributed by atoms with van der Waals surface area (Å²) in [6, 6.07) is 3.90. The number of aromatic amines is 1. The Morgan fingerprint density at radius 2 is 1.71 bits per heavy atom. The first-order valence-electron chi connectivity index (χ1n) is 9.08. The summed E-state index contributed by atoms with van der Waals surface area (Å²) in [4.78, 5) is 21.6. The molecule has 0 aliphatic carbocycles. The smallest absolute Gasteiger partial charge is 0.476 e. The number of hydrogen-bond donors (Lipinski definition) is 3. The number of nitrogens with one attached hydrogen (secondary N) is 1. The Bertz CT molecular complexity index is 1010. The minimum Gasteiger partial charge on any atom is -0.476 e. The van der Waals surface area contributed by atoms with Gasteiger partial charge in [-0.3, -0.25) is 0 Å². The number of H-pyrrole nitrogens is 1. The van der Waals surface area contributed by atoms with E-state index in [9.17, 15) is 31.1 Å². The summed E-state index contributed by atoms with van der Waals surface area (Å²) in [7, 11) is 0. The van der Waals surface area contributed by atoms with Crippen LogP contribution < -0.4 is 14.4 Å². The van der Waals surface area contributed by atoms with Gasteiger partial charge in [-0.25, -0.2) is 14.7 Å². The SMILES string of the molecule is O=C(O)C(F)(F)F.O=C(O)c1[nH]nnc1OC1CCN(c2cc(Cl)ccc2OC(F)(F)F)CC1. The van der Waals surface area contributed by atoms with Gasteiger partial charge in [-0.05, 0) is 18.2 Å². The largest absolute Gasteiger partial charge is 0.573 e. The maximum atomic E-state index is 12.6. The van der Waals surface area contributed by atoms with Crippen LogP contribution in [0.25, 0.3) is 0 Å². The van der Waals surface area contributed by atoms with Crippen molar-refractivity contribution in [2.45, 2.75) is 31.5 Å². The van der Waals surface area contributed by atoms with Crippen molar-refractivity contribution in [1.29, 1.82) is 0 Å². The predicted molar refractivity (Wildman–Crippen MR) is 101 cm³/mol. The van der Waals surface area contributed by atoms with Gasteiger partial charge < -0.3 is 24.6 Å². The summed E-state index contributed by atoms with van der Waals surface area (Å²) in [6.07, 6.45) is -9.38. The average molecular weight is 521 g/mol. The lowest BCUT2D eigenvalue weighted by Crippen LogP contribution is -2.39. The second kappa shape index (κ2) is 10.7. The van der Waals surface area contributed by atoms with E-state index in [-0.39, 0.29) is 34.1 Å². The van der Waals surface area contributed by atoms with E-state index in [1.807, 2.05) is 0 Å². The van der Waals surface area contributed by atoms with Crippen molar-refractivity contribution in [2.24, 2.45) is 0 Å². The number of hydrogen-bond acceptors (Lipinski definition) is 7. The highest BCUT2D eigenvalue weighted by Gasteiger charge is 2.38. The Balaban J connectivity index is 0.000000509. The van der Waals surface area contributed by atoms with Crippen LogP contribution in [-0.4, -0.2) is 69.3 Å². The number of carboxylic acids is 2. The molecule has 1 aromatic carbocycles. The van der Waals surface area contributed by atoms with Gasteiger partial charge in [0.1, 0.15) is 6.10 Å². The molecule has 0 unspecified atom stereocenters. The molecule has 1 fully saturated rings. The van der Waals surface area contributed by atoms with E-state index in [1.165, 1.54) is 18.2 Å². The monoisotopic (exact) mass is 520 g/mol. The third-order valence-electron chi connectivity index (χ3n) is 4.18. The predicted octanol–water partition coefficient (Wildman–Crippen LogP) is 3.74. The molecule has 34 heavy (non-hydrogen) atoms. The zero-order valence-corrected chi connectivity index (χ0v) is 17.4. The van der Waals surface area contributed by atoms with Crippen molar-refractivity contribution in [3.05, 3.63) is 28.9 Å². The van der Waals surface area contributed by atoms with Crippen LogP contribution in [0.4, 0.5) is 32.0 Å². The van der Waals surface area contributed by atoms with Crippen LogP contribution in [0.5, 0.6) is 11.6 Å². The topological polar surface area (TPSA) is 138 Å². The molecule has 0 atom stereocenters. The molecule has 2 heterocycles. The number of anilines is 1. The van der Waals surface area contributed by atoms with Crippen molar-refractivity contribution in [2.75, 3.05) is 18.0 Å². The number of piperidine rings is 1. The lowest BCUT2D eigenvalue weighted by molar-refractivity contribution is -0.274. The maximum absolute atomic E-state index is 12.6. The normalized spacial score (nSPS) is 14.7. The highest BCUT2D eigenvalue weighted by atomic mass is 35.5. The Morgan fingerprint density at radius 3 is 2.21 bits per heavy atom. The van der Waals surface area contributed by atoms with E-state index in [4.69, 9.17) is 31.3 Å². The first kappa shape index (κ1) is 26.8. The number of rotatable bonds is 5. The van der Waals surface area contributed by atoms with Crippen LogP contribution in [0, 0.1) is 0 Å². The van der Waals surface area contributed by atoms with Crippen molar-refractivity contribution in [3.8, 4) is 11.6 Å². The molecule has 0 bridgehead atoms. The molecule has 3 N–H and O–H groups in total. The van der Waals surface area contributed by atoms with Gasteiger partial charge in [0.05, 0.1) is 5.69 Å². The number of carboxylic acid groups (broad SMARTS) is 2. The number of carbonyl (C=O) groups is 2. The molecule has 10 nitrogen and oxygen atoms in total. The number of aliphatic carboxylic acids is 1. The van der Waals surface area contributed by atoms with Crippen molar-refractivity contribution < 1.29 is 55.6 Å². The second-order valence-corrected chi connectivity index (χ2v) is 7.00. The molecule has 2 aromatic rings. The fourth-order valence-corrected chi connectivity index (χ4v) is 2.93. The minimum absolute atomic E-state index is 0.121. The van der Waals surface area contributed by atoms with Crippen molar-refractivity contribution in [3.63, 3.8) is 0 Å². The molecule has 17 heteroatoms. The summed E-state index contributed by atoms with van der Waals surface area (Å²) >= 11 is 5.92.